The molecule has 2 aliphatic rings. The Morgan fingerprint density at radius 2 is 2.03 bits per heavy atom. The Labute approximate surface area is 185 Å². The van der Waals surface area contributed by atoms with Gasteiger partial charge in [-0.1, -0.05) is 30.3 Å². The fraction of sp³-hybridized carbons (Fsp3) is 0.375. The van der Waals surface area contributed by atoms with Crippen LogP contribution in [0.2, 0.25) is 0 Å². The molecule has 0 N–H and O–H groups in total. The van der Waals surface area contributed by atoms with Crippen LogP contribution in [0.4, 0.5) is 4.39 Å². The number of rotatable bonds is 4. The highest BCUT2D eigenvalue weighted by molar-refractivity contribution is 8.14. The maximum atomic E-state index is 14.1. The lowest BCUT2D eigenvalue weighted by molar-refractivity contribution is -0.136. The van der Waals surface area contributed by atoms with Crippen molar-refractivity contribution in [2.24, 2.45) is 4.99 Å². The van der Waals surface area contributed by atoms with E-state index in [4.69, 9.17) is 4.99 Å². The number of hydrogen-bond donors (Lipinski definition) is 0. The molecule has 0 spiro atoms. The second-order valence-corrected chi connectivity index (χ2v) is 9.58. The van der Waals surface area contributed by atoms with Gasteiger partial charge in [-0.25, -0.2) is 9.37 Å². The number of fused-ring (bicyclic) bond motifs is 1. The SMILES string of the molecule is CC1=NC(C(=O)N2CCCC[C@H]2Cc2cn3cccc(F)c3n2)C(c2ccccc2)S1. The molecule has 1 saturated heterocycles. The minimum Gasteiger partial charge on any atom is -0.337 e. The Morgan fingerprint density at radius 3 is 2.84 bits per heavy atom. The lowest BCUT2D eigenvalue weighted by Gasteiger charge is -2.37. The summed E-state index contributed by atoms with van der Waals surface area (Å²) in [6.45, 7) is 2.72. The van der Waals surface area contributed by atoms with Gasteiger partial charge >= 0.3 is 0 Å². The number of likely N-dealkylation sites (tertiary alicyclic amines) is 1. The first-order chi connectivity index (χ1) is 15.1. The van der Waals surface area contributed by atoms with Gasteiger partial charge in [0.15, 0.2) is 11.5 Å². The molecule has 7 heteroatoms. The molecule has 3 atom stereocenters. The van der Waals surface area contributed by atoms with Crippen LogP contribution in [-0.2, 0) is 11.2 Å². The Kier molecular flexibility index (Phi) is 5.52. The molecule has 3 aromatic rings. The molecule has 2 aliphatic heterocycles. The number of nitrogens with zero attached hydrogens (tertiary/aromatic N) is 4. The van der Waals surface area contributed by atoms with Gasteiger partial charge in [-0.2, -0.15) is 0 Å². The lowest BCUT2D eigenvalue weighted by atomic mass is 9.96. The van der Waals surface area contributed by atoms with Crippen LogP contribution in [-0.4, -0.2) is 43.9 Å². The van der Waals surface area contributed by atoms with Crippen molar-refractivity contribution in [3.63, 3.8) is 0 Å². The average molecular weight is 437 g/mol. The molecule has 1 fully saturated rings. The summed E-state index contributed by atoms with van der Waals surface area (Å²) in [5.74, 6) is -0.235. The van der Waals surface area contributed by atoms with Crippen LogP contribution in [0.1, 0.15) is 42.7 Å². The van der Waals surface area contributed by atoms with Crippen LogP contribution in [0, 0.1) is 5.82 Å². The molecule has 2 aromatic heterocycles. The molecular weight excluding hydrogens is 411 g/mol. The van der Waals surface area contributed by atoms with Crippen LogP contribution in [0.3, 0.4) is 0 Å². The minimum absolute atomic E-state index is 0.0144. The van der Waals surface area contributed by atoms with Gasteiger partial charge in [0.1, 0.15) is 6.04 Å². The second-order valence-electron chi connectivity index (χ2n) is 8.25. The predicted octanol–water partition coefficient (Wildman–Crippen LogP) is 4.67. The zero-order chi connectivity index (χ0) is 21.4. The highest BCUT2D eigenvalue weighted by atomic mass is 32.2. The molecule has 31 heavy (non-hydrogen) atoms. The van der Waals surface area contributed by atoms with Crippen molar-refractivity contribution in [1.29, 1.82) is 0 Å². The third-order valence-electron chi connectivity index (χ3n) is 6.13. The van der Waals surface area contributed by atoms with E-state index in [0.29, 0.717) is 12.1 Å². The maximum Gasteiger partial charge on any atom is 0.249 e. The van der Waals surface area contributed by atoms with Crippen LogP contribution in [0.25, 0.3) is 5.65 Å². The summed E-state index contributed by atoms with van der Waals surface area (Å²) in [6, 6.07) is 12.9. The number of piperidine rings is 1. The van der Waals surface area contributed by atoms with E-state index in [-0.39, 0.29) is 23.0 Å². The van der Waals surface area contributed by atoms with Crippen LogP contribution in [0.5, 0.6) is 0 Å². The largest absolute Gasteiger partial charge is 0.337 e. The first-order valence-corrected chi connectivity index (χ1v) is 11.7. The number of aliphatic imine (C=N–C) groups is 1. The summed E-state index contributed by atoms with van der Waals surface area (Å²) >= 11 is 1.67. The highest BCUT2D eigenvalue weighted by Crippen LogP contribution is 2.41. The topological polar surface area (TPSA) is 50.0 Å². The number of aromatic nitrogens is 2. The Morgan fingerprint density at radius 1 is 1.19 bits per heavy atom. The summed E-state index contributed by atoms with van der Waals surface area (Å²) in [7, 11) is 0. The van der Waals surface area contributed by atoms with Crippen molar-refractivity contribution in [2.75, 3.05) is 6.54 Å². The smallest absolute Gasteiger partial charge is 0.249 e. The third kappa shape index (κ3) is 3.99. The number of pyridine rings is 1. The molecule has 5 rings (SSSR count). The van der Waals surface area contributed by atoms with E-state index >= 15 is 0 Å². The van der Waals surface area contributed by atoms with Gasteiger partial charge in [0.2, 0.25) is 5.91 Å². The summed E-state index contributed by atoms with van der Waals surface area (Å²) in [5.41, 5.74) is 2.29. The summed E-state index contributed by atoms with van der Waals surface area (Å²) in [6.07, 6.45) is 7.32. The van der Waals surface area contributed by atoms with Gasteiger partial charge in [-0.3, -0.25) is 9.79 Å². The van der Waals surface area contributed by atoms with Crippen LogP contribution >= 0.6 is 11.8 Å². The van der Waals surface area contributed by atoms with Gasteiger partial charge in [-0.15, -0.1) is 11.8 Å². The minimum atomic E-state index is -0.397. The molecule has 1 amide bonds. The molecule has 0 aliphatic carbocycles. The number of carbonyl (C=O) groups is 1. The number of thioether (sulfide) groups is 1. The number of amides is 1. The monoisotopic (exact) mass is 436 g/mol. The standard InChI is InChI=1S/C24H25FN4OS/c1-16-26-21(22(31-16)17-8-3-2-4-9-17)24(30)29-13-6-5-10-19(29)14-18-15-28-12-7-11-20(25)23(28)27-18/h2-4,7-9,11-12,15,19,21-22H,5-6,10,13-14H2,1H3/t19-,21?,22?/m0/s1. The van der Waals surface area contributed by atoms with Crippen molar-refractivity contribution < 1.29 is 9.18 Å². The van der Waals surface area contributed by atoms with Crippen molar-refractivity contribution in [1.82, 2.24) is 14.3 Å². The third-order valence-corrected chi connectivity index (χ3v) is 7.36. The van der Waals surface area contributed by atoms with E-state index in [1.54, 1.807) is 28.4 Å². The number of carbonyl (C=O) groups excluding carboxylic acids is 1. The molecule has 5 nitrogen and oxygen atoms in total. The molecule has 0 bridgehead atoms. The van der Waals surface area contributed by atoms with Gasteiger partial charge in [0.05, 0.1) is 16.0 Å². The van der Waals surface area contributed by atoms with Gasteiger partial charge in [0.25, 0.3) is 0 Å². The fourth-order valence-corrected chi connectivity index (χ4v) is 5.80. The maximum absolute atomic E-state index is 14.1. The average Bonchev–Trinajstić information content (AvgIpc) is 3.38. The van der Waals surface area contributed by atoms with Crippen molar-refractivity contribution in [3.05, 3.63) is 71.9 Å². The van der Waals surface area contributed by atoms with Gasteiger partial charge < -0.3 is 9.30 Å². The molecule has 2 unspecified atom stereocenters. The first-order valence-electron chi connectivity index (χ1n) is 10.8. The summed E-state index contributed by atoms with van der Waals surface area (Å²) in [5, 5.41) is 0.970. The van der Waals surface area contributed by atoms with Crippen molar-refractivity contribution in [3.8, 4) is 0 Å². The highest BCUT2D eigenvalue weighted by Gasteiger charge is 2.40. The molecule has 0 saturated carbocycles. The fourth-order valence-electron chi connectivity index (χ4n) is 4.66. The van der Waals surface area contributed by atoms with Gasteiger partial charge in [0, 0.05) is 31.4 Å². The first kappa shape index (κ1) is 20.2. The molecule has 1 aromatic carbocycles. The molecule has 4 heterocycles. The number of imidazole rings is 1. The molecular formula is C24H25FN4OS. The van der Waals surface area contributed by atoms with Crippen LogP contribution in [0.15, 0.2) is 59.9 Å². The van der Waals surface area contributed by atoms with Gasteiger partial charge in [-0.05, 0) is 43.9 Å². The Balaban J connectivity index is 1.39. The van der Waals surface area contributed by atoms with Crippen LogP contribution < -0.4 is 0 Å². The van der Waals surface area contributed by atoms with E-state index < -0.39 is 6.04 Å². The number of halogens is 1. The number of benzene rings is 1. The Hall–Kier alpha value is -2.67. The van der Waals surface area contributed by atoms with E-state index in [1.807, 2.05) is 36.2 Å². The zero-order valence-corrected chi connectivity index (χ0v) is 18.3. The zero-order valence-electron chi connectivity index (χ0n) is 17.4. The molecule has 160 valence electrons. The summed E-state index contributed by atoms with van der Waals surface area (Å²) in [4.78, 5) is 24.9. The van der Waals surface area contributed by atoms with E-state index in [9.17, 15) is 9.18 Å². The van der Waals surface area contributed by atoms with E-state index in [2.05, 4.69) is 17.1 Å². The van der Waals surface area contributed by atoms with Crippen molar-refractivity contribution in [2.45, 2.75) is 49.9 Å². The molecule has 0 radical (unpaired) electrons. The normalized spacial score (nSPS) is 23.9. The Bertz CT molecular complexity index is 1130. The predicted molar refractivity (Wildman–Crippen MR) is 122 cm³/mol. The van der Waals surface area contributed by atoms with Crippen molar-refractivity contribution >= 4 is 28.4 Å². The number of hydrogen-bond acceptors (Lipinski definition) is 4. The quantitative estimate of drug-likeness (QED) is 0.597. The summed E-state index contributed by atoms with van der Waals surface area (Å²) < 4.78 is 15.8. The second kappa shape index (κ2) is 8.46. The van der Waals surface area contributed by atoms with E-state index in [1.165, 1.54) is 6.07 Å². The van der Waals surface area contributed by atoms with E-state index in [0.717, 1.165) is 42.1 Å². The lowest BCUT2D eigenvalue weighted by Crippen LogP contribution is -2.49.